The lowest BCUT2D eigenvalue weighted by Crippen LogP contribution is -2.42. The van der Waals surface area contributed by atoms with Crippen LogP contribution in [0.1, 0.15) is 31.1 Å². The SMILES string of the molecule is CCN(CC(=O)NC(C)C)C(=O)c1cc(Cl)nc(Cl)c1. The van der Waals surface area contributed by atoms with Crippen LogP contribution in [0.4, 0.5) is 0 Å². The number of hydrogen-bond acceptors (Lipinski definition) is 3. The van der Waals surface area contributed by atoms with Gasteiger partial charge < -0.3 is 10.2 Å². The fourth-order valence-corrected chi connectivity index (χ4v) is 2.10. The molecule has 0 spiro atoms. The van der Waals surface area contributed by atoms with Crippen molar-refractivity contribution in [2.45, 2.75) is 26.8 Å². The number of likely N-dealkylation sites (N-methyl/N-ethyl adjacent to an activating group) is 1. The third-order valence-corrected chi connectivity index (χ3v) is 2.85. The van der Waals surface area contributed by atoms with E-state index in [1.165, 1.54) is 17.0 Å². The van der Waals surface area contributed by atoms with Gasteiger partial charge in [0.25, 0.3) is 5.91 Å². The van der Waals surface area contributed by atoms with Crippen LogP contribution in [0.15, 0.2) is 12.1 Å². The number of hydrogen-bond donors (Lipinski definition) is 1. The van der Waals surface area contributed by atoms with Crippen molar-refractivity contribution in [2.75, 3.05) is 13.1 Å². The zero-order valence-corrected chi connectivity index (χ0v) is 13.1. The number of nitrogens with zero attached hydrogens (tertiary/aromatic N) is 2. The largest absolute Gasteiger partial charge is 0.352 e. The number of carbonyl (C=O) groups is 2. The molecule has 0 bridgehead atoms. The Morgan fingerprint density at radius 1 is 1.30 bits per heavy atom. The van der Waals surface area contributed by atoms with Gasteiger partial charge in [-0.15, -0.1) is 0 Å². The maximum Gasteiger partial charge on any atom is 0.254 e. The molecule has 0 unspecified atom stereocenters. The molecule has 0 radical (unpaired) electrons. The molecule has 0 saturated heterocycles. The van der Waals surface area contributed by atoms with Crippen LogP contribution in [0.2, 0.25) is 10.3 Å². The van der Waals surface area contributed by atoms with Gasteiger partial charge in [0.15, 0.2) is 0 Å². The van der Waals surface area contributed by atoms with Gasteiger partial charge in [0, 0.05) is 18.2 Å². The van der Waals surface area contributed by atoms with E-state index in [2.05, 4.69) is 10.3 Å². The van der Waals surface area contributed by atoms with Gasteiger partial charge in [-0.25, -0.2) is 4.98 Å². The van der Waals surface area contributed by atoms with Gasteiger partial charge >= 0.3 is 0 Å². The molecule has 0 aromatic carbocycles. The second kappa shape index (κ2) is 7.45. The van der Waals surface area contributed by atoms with Crippen molar-refractivity contribution < 1.29 is 9.59 Å². The van der Waals surface area contributed by atoms with Gasteiger partial charge in [0.05, 0.1) is 6.54 Å². The Balaban J connectivity index is 2.83. The van der Waals surface area contributed by atoms with Crippen LogP contribution in [0.25, 0.3) is 0 Å². The molecule has 7 heteroatoms. The van der Waals surface area contributed by atoms with Crippen molar-refractivity contribution in [3.8, 4) is 0 Å². The topological polar surface area (TPSA) is 62.3 Å². The summed E-state index contributed by atoms with van der Waals surface area (Å²) in [5, 5.41) is 3.02. The minimum Gasteiger partial charge on any atom is -0.352 e. The van der Waals surface area contributed by atoms with Crippen molar-refractivity contribution >= 4 is 35.0 Å². The monoisotopic (exact) mass is 317 g/mol. The molecule has 20 heavy (non-hydrogen) atoms. The quantitative estimate of drug-likeness (QED) is 0.848. The summed E-state index contributed by atoms with van der Waals surface area (Å²) < 4.78 is 0. The van der Waals surface area contributed by atoms with Crippen LogP contribution in [0.5, 0.6) is 0 Å². The van der Waals surface area contributed by atoms with Crippen LogP contribution in [-0.2, 0) is 4.79 Å². The summed E-state index contributed by atoms with van der Waals surface area (Å²) in [6, 6.07) is 2.89. The summed E-state index contributed by atoms with van der Waals surface area (Å²) in [4.78, 5) is 29.2. The van der Waals surface area contributed by atoms with Gasteiger partial charge in [-0.3, -0.25) is 9.59 Å². The Labute approximate surface area is 128 Å². The zero-order valence-electron chi connectivity index (χ0n) is 11.6. The predicted octanol–water partition coefficient (Wildman–Crippen LogP) is 2.38. The lowest BCUT2D eigenvalue weighted by molar-refractivity contribution is -0.122. The highest BCUT2D eigenvalue weighted by molar-refractivity contribution is 6.33. The number of rotatable bonds is 5. The van der Waals surface area contributed by atoms with E-state index < -0.39 is 0 Å². The summed E-state index contributed by atoms with van der Waals surface area (Å²) >= 11 is 11.5. The molecule has 110 valence electrons. The third kappa shape index (κ3) is 4.98. The Hall–Kier alpha value is -1.33. The van der Waals surface area contributed by atoms with E-state index in [1.807, 2.05) is 13.8 Å². The third-order valence-electron chi connectivity index (χ3n) is 2.46. The van der Waals surface area contributed by atoms with E-state index in [0.29, 0.717) is 12.1 Å². The molecule has 5 nitrogen and oxygen atoms in total. The van der Waals surface area contributed by atoms with E-state index in [-0.39, 0.29) is 34.7 Å². The average Bonchev–Trinajstić information content (AvgIpc) is 2.33. The van der Waals surface area contributed by atoms with Gasteiger partial charge in [0.1, 0.15) is 10.3 Å². The van der Waals surface area contributed by atoms with Crippen LogP contribution >= 0.6 is 23.2 Å². The van der Waals surface area contributed by atoms with E-state index in [1.54, 1.807) is 6.92 Å². The molecule has 0 fully saturated rings. The molecule has 1 heterocycles. The van der Waals surface area contributed by atoms with Gasteiger partial charge in [-0.2, -0.15) is 0 Å². The van der Waals surface area contributed by atoms with Crippen LogP contribution < -0.4 is 5.32 Å². The number of halogens is 2. The molecule has 0 aliphatic rings. The smallest absolute Gasteiger partial charge is 0.254 e. The number of nitrogens with one attached hydrogen (secondary N) is 1. The fraction of sp³-hybridized carbons (Fsp3) is 0.462. The average molecular weight is 318 g/mol. The maximum absolute atomic E-state index is 12.3. The molecule has 0 atom stereocenters. The Morgan fingerprint density at radius 2 is 1.85 bits per heavy atom. The van der Waals surface area contributed by atoms with E-state index >= 15 is 0 Å². The second-order valence-electron chi connectivity index (χ2n) is 4.54. The van der Waals surface area contributed by atoms with Crippen molar-refractivity contribution in [2.24, 2.45) is 0 Å². The first-order valence-electron chi connectivity index (χ1n) is 6.25. The lowest BCUT2D eigenvalue weighted by Gasteiger charge is -2.21. The lowest BCUT2D eigenvalue weighted by atomic mass is 10.2. The van der Waals surface area contributed by atoms with Gasteiger partial charge in [-0.05, 0) is 32.9 Å². The number of aromatic nitrogens is 1. The number of pyridine rings is 1. The first-order valence-corrected chi connectivity index (χ1v) is 7.00. The summed E-state index contributed by atoms with van der Waals surface area (Å²) in [6.45, 7) is 5.91. The molecule has 0 aliphatic heterocycles. The molecule has 1 rings (SSSR count). The highest BCUT2D eigenvalue weighted by atomic mass is 35.5. The standard InChI is InChI=1S/C13H17Cl2N3O2/c1-4-18(7-12(19)16-8(2)3)13(20)9-5-10(14)17-11(15)6-9/h5-6,8H,4,7H2,1-3H3,(H,16,19). The van der Waals surface area contributed by atoms with Crippen molar-refractivity contribution in [3.63, 3.8) is 0 Å². The van der Waals surface area contributed by atoms with Crippen LogP contribution in [-0.4, -0.2) is 40.8 Å². The molecule has 1 aromatic heterocycles. The number of carbonyl (C=O) groups excluding carboxylic acids is 2. The van der Waals surface area contributed by atoms with E-state index in [9.17, 15) is 9.59 Å². The number of amides is 2. The van der Waals surface area contributed by atoms with Crippen LogP contribution in [0, 0.1) is 0 Å². The summed E-state index contributed by atoms with van der Waals surface area (Å²) in [6.07, 6.45) is 0. The van der Waals surface area contributed by atoms with Gasteiger partial charge in [-0.1, -0.05) is 23.2 Å². The highest BCUT2D eigenvalue weighted by Gasteiger charge is 2.18. The Bertz CT molecular complexity index is 486. The molecule has 2 amide bonds. The first-order chi connectivity index (χ1) is 9.33. The van der Waals surface area contributed by atoms with E-state index in [0.717, 1.165) is 0 Å². The molecule has 1 aromatic rings. The molecular weight excluding hydrogens is 301 g/mol. The highest BCUT2D eigenvalue weighted by Crippen LogP contribution is 2.16. The molecular formula is C13H17Cl2N3O2. The Kier molecular flexibility index (Phi) is 6.23. The summed E-state index contributed by atoms with van der Waals surface area (Å²) in [5.74, 6) is -0.515. The summed E-state index contributed by atoms with van der Waals surface area (Å²) in [5.41, 5.74) is 0.314. The van der Waals surface area contributed by atoms with Gasteiger partial charge in [0.2, 0.25) is 5.91 Å². The predicted molar refractivity (Wildman–Crippen MR) is 79.1 cm³/mol. The first kappa shape index (κ1) is 16.7. The zero-order chi connectivity index (χ0) is 15.3. The van der Waals surface area contributed by atoms with Crippen LogP contribution in [0.3, 0.4) is 0 Å². The van der Waals surface area contributed by atoms with Crippen molar-refractivity contribution in [1.29, 1.82) is 0 Å². The van der Waals surface area contributed by atoms with Crippen molar-refractivity contribution in [1.82, 2.24) is 15.2 Å². The van der Waals surface area contributed by atoms with E-state index in [4.69, 9.17) is 23.2 Å². The van der Waals surface area contributed by atoms with Crippen molar-refractivity contribution in [3.05, 3.63) is 28.0 Å². The molecule has 1 N–H and O–H groups in total. The second-order valence-corrected chi connectivity index (χ2v) is 5.32. The Morgan fingerprint density at radius 3 is 2.30 bits per heavy atom. The fourth-order valence-electron chi connectivity index (χ4n) is 1.64. The summed E-state index contributed by atoms with van der Waals surface area (Å²) in [7, 11) is 0. The minimum atomic E-state index is -0.308. The normalized spacial score (nSPS) is 10.5. The molecule has 0 saturated carbocycles. The minimum absolute atomic E-state index is 0.00885. The maximum atomic E-state index is 12.3. The molecule has 0 aliphatic carbocycles.